The predicted molar refractivity (Wildman–Crippen MR) is 103 cm³/mol. The number of methoxy groups -OCH3 is 1. The molecule has 1 aromatic rings. The Kier molecular flexibility index (Phi) is 8.37. The number of benzene rings is 1. The second-order valence-corrected chi connectivity index (χ2v) is 6.63. The second-order valence-electron chi connectivity index (χ2n) is 6.63. The van der Waals surface area contributed by atoms with E-state index < -0.39 is 0 Å². The van der Waals surface area contributed by atoms with Crippen molar-refractivity contribution < 1.29 is 14.3 Å². The Hall–Kier alpha value is -2.12. The molecule has 0 bridgehead atoms. The van der Waals surface area contributed by atoms with Crippen molar-refractivity contribution >= 4 is 23.2 Å². The van der Waals surface area contributed by atoms with Crippen LogP contribution in [0.2, 0.25) is 0 Å². The van der Waals surface area contributed by atoms with Crippen LogP contribution in [0.4, 0.5) is 11.4 Å². The molecule has 0 aliphatic carbocycles. The van der Waals surface area contributed by atoms with Crippen molar-refractivity contribution in [1.29, 1.82) is 0 Å². The molecule has 1 saturated heterocycles. The number of anilines is 2. The van der Waals surface area contributed by atoms with E-state index in [1.54, 1.807) is 7.11 Å². The summed E-state index contributed by atoms with van der Waals surface area (Å²) in [6.45, 7) is 5.35. The standard InChI is InChI=1S/C19H30N4O3/c1-15(21-19(25)14-20-8-11-26-2)12-18(24)22-16-6-5-7-17(13-16)23-9-3-4-10-23/h5-7,13,15,20H,3-4,8-12,14H2,1-2H3,(H,21,25)(H,22,24). The van der Waals surface area contributed by atoms with Crippen molar-refractivity contribution in [2.45, 2.75) is 32.2 Å². The van der Waals surface area contributed by atoms with Crippen molar-refractivity contribution in [1.82, 2.24) is 10.6 Å². The minimum absolute atomic E-state index is 0.108. The molecule has 0 saturated carbocycles. The van der Waals surface area contributed by atoms with Gasteiger partial charge in [-0.15, -0.1) is 0 Å². The van der Waals surface area contributed by atoms with Gasteiger partial charge in [0.2, 0.25) is 11.8 Å². The minimum Gasteiger partial charge on any atom is -0.383 e. The Morgan fingerprint density at radius 2 is 2.00 bits per heavy atom. The summed E-state index contributed by atoms with van der Waals surface area (Å²) in [5.41, 5.74) is 1.93. The number of rotatable bonds is 10. The van der Waals surface area contributed by atoms with Gasteiger partial charge in [0.15, 0.2) is 0 Å². The second kappa shape index (κ2) is 10.8. The van der Waals surface area contributed by atoms with Crippen LogP contribution < -0.4 is 20.9 Å². The van der Waals surface area contributed by atoms with E-state index in [0.717, 1.165) is 24.5 Å². The van der Waals surface area contributed by atoms with E-state index in [1.807, 2.05) is 25.1 Å². The van der Waals surface area contributed by atoms with E-state index >= 15 is 0 Å². The van der Waals surface area contributed by atoms with E-state index in [0.29, 0.717) is 13.2 Å². The lowest BCUT2D eigenvalue weighted by molar-refractivity contribution is -0.121. The summed E-state index contributed by atoms with van der Waals surface area (Å²) in [7, 11) is 1.61. The zero-order chi connectivity index (χ0) is 18.8. The highest BCUT2D eigenvalue weighted by Gasteiger charge is 2.14. The molecular weight excluding hydrogens is 332 g/mol. The van der Waals surface area contributed by atoms with Crippen LogP contribution in [0, 0.1) is 0 Å². The maximum absolute atomic E-state index is 12.2. The van der Waals surface area contributed by atoms with Gasteiger partial charge in [0.1, 0.15) is 0 Å². The van der Waals surface area contributed by atoms with E-state index in [4.69, 9.17) is 4.74 Å². The zero-order valence-electron chi connectivity index (χ0n) is 15.7. The molecule has 1 heterocycles. The first-order valence-electron chi connectivity index (χ1n) is 9.22. The molecule has 7 heteroatoms. The molecule has 1 aromatic carbocycles. The van der Waals surface area contributed by atoms with Crippen LogP contribution in [-0.4, -0.2) is 57.8 Å². The van der Waals surface area contributed by atoms with Gasteiger partial charge in [0.25, 0.3) is 0 Å². The first-order chi connectivity index (χ1) is 12.6. The molecule has 7 nitrogen and oxygen atoms in total. The number of nitrogens with one attached hydrogen (secondary N) is 3. The molecular formula is C19H30N4O3. The molecule has 1 aliphatic heterocycles. The Morgan fingerprint density at radius 1 is 1.23 bits per heavy atom. The maximum atomic E-state index is 12.2. The van der Waals surface area contributed by atoms with Gasteiger partial charge in [0, 0.05) is 50.6 Å². The van der Waals surface area contributed by atoms with E-state index in [9.17, 15) is 9.59 Å². The van der Waals surface area contributed by atoms with Crippen LogP contribution in [-0.2, 0) is 14.3 Å². The number of hydrogen-bond acceptors (Lipinski definition) is 5. The highest BCUT2D eigenvalue weighted by molar-refractivity contribution is 5.92. The van der Waals surface area contributed by atoms with E-state index in [-0.39, 0.29) is 30.8 Å². The number of hydrogen-bond donors (Lipinski definition) is 3. The molecule has 2 amide bonds. The lowest BCUT2D eigenvalue weighted by Gasteiger charge is -2.19. The molecule has 0 aromatic heterocycles. The normalized spacial score (nSPS) is 14.9. The Balaban J connectivity index is 1.73. The number of ether oxygens (including phenoxy) is 1. The minimum atomic E-state index is -0.228. The Morgan fingerprint density at radius 3 is 2.73 bits per heavy atom. The summed E-state index contributed by atoms with van der Waals surface area (Å²) in [4.78, 5) is 26.4. The fourth-order valence-electron chi connectivity index (χ4n) is 3.00. The van der Waals surface area contributed by atoms with Crippen LogP contribution in [0.3, 0.4) is 0 Å². The van der Waals surface area contributed by atoms with Crippen molar-refractivity contribution in [2.75, 3.05) is 50.1 Å². The molecule has 26 heavy (non-hydrogen) atoms. The highest BCUT2D eigenvalue weighted by Crippen LogP contribution is 2.23. The number of carbonyl (C=O) groups excluding carboxylic acids is 2. The third-order valence-corrected chi connectivity index (χ3v) is 4.27. The lowest BCUT2D eigenvalue weighted by atomic mass is 10.2. The fraction of sp³-hybridized carbons (Fsp3) is 0.579. The van der Waals surface area contributed by atoms with Gasteiger partial charge in [0.05, 0.1) is 13.2 Å². The predicted octanol–water partition coefficient (Wildman–Crippen LogP) is 1.36. The fourth-order valence-corrected chi connectivity index (χ4v) is 3.00. The van der Waals surface area contributed by atoms with Crippen molar-refractivity contribution in [3.8, 4) is 0 Å². The average Bonchev–Trinajstić information content (AvgIpc) is 3.13. The molecule has 0 radical (unpaired) electrons. The van der Waals surface area contributed by atoms with Gasteiger partial charge in [-0.25, -0.2) is 0 Å². The number of amides is 2. The smallest absolute Gasteiger partial charge is 0.234 e. The van der Waals surface area contributed by atoms with Gasteiger partial charge in [-0.1, -0.05) is 6.07 Å². The van der Waals surface area contributed by atoms with Crippen molar-refractivity contribution in [3.63, 3.8) is 0 Å². The lowest BCUT2D eigenvalue weighted by Crippen LogP contribution is -2.41. The van der Waals surface area contributed by atoms with Gasteiger partial charge < -0.3 is 25.6 Å². The summed E-state index contributed by atoms with van der Waals surface area (Å²) < 4.78 is 4.90. The summed E-state index contributed by atoms with van der Waals surface area (Å²) in [5.74, 6) is -0.235. The van der Waals surface area contributed by atoms with Gasteiger partial charge in [-0.2, -0.15) is 0 Å². The summed E-state index contributed by atoms with van der Waals surface area (Å²) in [5, 5.41) is 8.71. The molecule has 2 rings (SSSR count). The largest absolute Gasteiger partial charge is 0.383 e. The van der Waals surface area contributed by atoms with Crippen molar-refractivity contribution in [2.24, 2.45) is 0 Å². The molecule has 144 valence electrons. The average molecular weight is 362 g/mol. The zero-order valence-corrected chi connectivity index (χ0v) is 15.7. The third-order valence-electron chi connectivity index (χ3n) is 4.27. The van der Waals surface area contributed by atoms with Gasteiger partial charge >= 0.3 is 0 Å². The highest BCUT2D eigenvalue weighted by atomic mass is 16.5. The van der Waals surface area contributed by atoms with E-state index in [1.165, 1.54) is 12.8 Å². The van der Waals surface area contributed by atoms with Crippen LogP contribution in [0.5, 0.6) is 0 Å². The first kappa shape index (κ1) is 20.2. The summed E-state index contributed by atoms with van der Waals surface area (Å²) in [6.07, 6.45) is 2.67. The van der Waals surface area contributed by atoms with Crippen LogP contribution >= 0.6 is 0 Å². The molecule has 1 unspecified atom stereocenters. The van der Waals surface area contributed by atoms with E-state index in [2.05, 4.69) is 26.9 Å². The van der Waals surface area contributed by atoms with Gasteiger partial charge in [-0.05, 0) is 38.0 Å². The monoisotopic (exact) mass is 362 g/mol. The molecule has 0 spiro atoms. The Labute approximate surface area is 155 Å². The third kappa shape index (κ3) is 7.01. The van der Waals surface area contributed by atoms with Crippen molar-refractivity contribution in [3.05, 3.63) is 24.3 Å². The Bertz CT molecular complexity index is 588. The summed E-state index contributed by atoms with van der Waals surface area (Å²) in [6, 6.07) is 7.70. The van der Waals surface area contributed by atoms with Crippen LogP contribution in [0.25, 0.3) is 0 Å². The van der Waals surface area contributed by atoms with Crippen LogP contribution in [0.1, 0.15) is 26.2 Å². The van der Waals surface area contributed by atoms with Gasteiger partial charge in [-0.3, -0.25) is 9.59 Å². The quantitative estimate of drug-likeness (QED) is 0.548. The topological polar surface area (TPSA) is 82.7 Å². The molecule has 1 atom stereocenters. The summed E-state index contributed by atoms with van der Waals surface area (Å²) >= 11 is 0. The maximum Gasteiger partial charge on any atom is 0.234 e. The number of carbonyl (C=O) groups is 2. The molecule has 1 fully saturated rings. The first-order valence-corrected chi connectivity index (χ1v) is 9.22. The number of nitrogens with zero attached hydrogens (tertiary/aromatic N) is 1. The molecule has 3 N–H and O–H groups in total. The molecule has 1 aliphatic rings. The SMILES string of the molecule is COCCNCC(=O)NC(C)CC(=O)Nc1cccc(N2CCCC2)c1. The van der Waals surface area contributed by atoms with Crippen LogP contribution in [0.15, 0.2) is 24.3 Å².